The molecular formula is C19H21N3O. The molecule has 1 aromatic carbocycles. The number of nitrogens with one attached hydrogen (secondary N) is 1. The molecule has 0 unspecified atom stereocenters. The van der Waals surface area contributed by atoms with Crippen molar-refractivity contribution in [3.8, 4) is 16.9 Å². The smallest absolute Gasteiger partial charge is 0.136 e. The summed E-state index contributed by atoms with van der Waals surface area (Å²) in [7, 11) is 0. The summed E-state index contributed by atoms with van der Waals surface area (Å²) in [6.07, 6.45) is 6.68. The number of benzene rings is 1. The van der Waals surface area contributed by atoms with Gasteiger partial charge in [0.15, 0.2) is 0 Å². The van der Waals surface area contributed by atoms with Crippen LogP contribution >= 0.6 is 0 Å². The molecule has 4 rings (SSSR count). The standard InChI is InChI=1S/C19H21N3O/c1-14-12-22-13-16(4-7-19(22)21-14)15-2-5-17(6-3-15)23-18-8-10-20-11-9-18/h2-7,12-13,18,20H,8-11H2,1H3. The molecule has 2 aromatic heterocycles. The van der Waals surface area contributed by atoms with Gasteiger partial charge in [-0.2, -0.15) is 0 Å². The lowest BCUT2D eigenvalue weighted by molar-refractivity contribution is 0.162. The molecule has 118 valence electrons. The van der Waals surface area contributed by atoms with Gasteiger partial charge in [0.1, 0.15) is 17.5 Å². The van der Waals surface area contributed by atoms with E-state index in [-0.39, 0.29) is 0 Å². The van der Waals surface area contributed by atoms with Crippen molar-refractivity contribution in [2.75, 3.05) is 13.1 Å². The molecule has 3 heterocycles. The predicted octanol–water partition coefficient (Wildman–Crippen LogP) is 3.44. The number of pyridine rings is 1. The van der Waals surface area contributed by atoms with Crippen LogP contribution in [0.25, 0.3) is 16.8 Å². The summed E-state index contributed by atoms with van der Waals surface area (Å²) < 4.78 is 8.14. The van der Waals surface area contributed by atoms with Gasteiger partial charge in [0, 0.05) is 12.4 Å². The number of hydrogen-bond acceptors (Lipinski definition) is 3. The zero-order chi connectivity index (χ0) is 15.6. The van der Waals surface area contributed by atoms with E-state index in [1.54, 1.807) is 0 Å². The van der Waals surface area contributed by atoms with E-state index in [9.17, 15) is 0 Å². The highest BCUT2D eigenvalue weighted by Crippen LogP contribution is 2.24. The van der Waals surface area contributed by atoms with Crippen molar-refractivity contribution in [1.82, 2.24) is 14.7 Å². The zero-order valence-electron chi connectivity index (χ0n) is 13.3. The first-order valence-corrected chi connectivity index (χ1v) is 8.21. The second kappa shape index (κ2) is 6.05. The van der Waals surface area contributed by atoms with Crippen molar-refractivity contribution in [2.45, 2.75) is 25.9 Å². The summed E-state index contributed by atoms with van der Waals surface area (Å²) in [5.74, 6) is 0.959. The van der Waals surface area contributed by atoms with E-state index in [1.807, 2.05) is 13.1 Å². The van der Waals surface area contributed by atoms with Crippen molar-refractivity contribution in [2.24, 2.45) is 0 Å². The third-order valence-electron chi connectivity index (χ3n) is 4.35. The van der Waals surface area contributed by atoms with Crippen LogP contribution in [0.1, 0.15) is 18.5 Å². The molecule has 0 aliphatic carbocycles. The van der Waals surface area contributed by atoms with Crippen LogP contribution < -0.4 is 10.1 Å². The summed E-state index contributed by atoms with van der Waals surface area (Å²) in [6.45, 7) is 4.11. The van der Waals surface area contributed by atoms with Gasteiger partial charge in [-0.1, -0.05) is 12.1 Å². The first-order chi connectivity index (χ1) is 11.3. The summed E-state index contributed by atoms with van der Waals surface area (Å²) in [5.41, 5.74) is 4.39. The van der Waals surface area contributed by atoms with Gasteiger partial charge in [-0.05, 0) is 68.2 Å². The molecule has 4 heteroatoms. The maximum Gasteiger partial charge on any atom is 0.136 e. The fourth-order valence-corrected chi connectivity index (χ4v) is 3.12. The van der Waals surface area contributed by atoms with E-state index in [0.717, 1.165) is 43.0 Å². The summed E-state index contributed by atoms with van der Waals surface area (Å²) in [6, 6.07) is 12.6. The number of piperidine rings is 1. The minimum Gasteiger partial charge on any atom is -0.490 e. The van der Waals surface area contributed by atoms with E-state index >= 15 is 0 Å². The fourth-order valence-electron chi connectivity index (χ4n) is 3.12. The number of imidazole rings is 1. The van der Waals surface area contributed by atoms with Crippen LogP contribution in [-0.4, -0.2) is 28.6 Å². The molecule has 0 saturated carbocycles. The average molecular weight is 307 g/mol. The topological polar surface area (TPSA) is 38.6 Å². The van der Waals surface area contributed by atoms with Crippen LogP contribution in [0.5, 0.6) is 5.75 Å². The minimum absolute atomic E-state index is 0.340. The number of rotatable bonds is 3. The molecule has 4 nitrogen and oxygen atoms in total. The molecular weight excluding hydrogens is 286 g/mol. The Labute approximate surface area is 136 Å². The Kier molecular flexibility index (Phi) is 3.75. The molecule has 23 heavy (non-hydrogen) atoms. The van der Waals surface area contributed by atoms with E-state index < -0.39 is 0 Å². The number of ether oxygens (including phenoxy) is 1. The summed E-state index contributed by atoms with van der Waals surface area (Å²) >= 11 is 0. The first kappa shape index (κ1) is 14.3. The van der Waals surface area contributed by atoms with Crippen LogP contribution in [0.2, 0.25) is 0 Å². The summed E-state index contributed by atoms with van der Waals surface area (Å²) in [4.78, 5) is 4.46. The SMILES string of the molecule is Cc1cn2cc(-c3ccc(OC4CCNCC4)cc3)ccc2n1. The second-order valence-electron chi connectivity index (χ2n) is 6.16. The molecule has 1 N–H and O–H groups in total. The highest BCUT2D eigenvalue weighted by atomic mass is 16.5. The van der Waals surface area contributed by atoms with Gasteiger partial charge in [-0.15, -0.1) is 0 Å². The Morgan fingerprint density at radius 1 is 1.00 bits per heavy atom. The monoisotopic (exact) mass is 307 g/mol. The lowest BCUT2D eigenvalue weighted by atomic mass is 10.1. The molecule has 0 spiro atoms. The fraction of sp³-hybridized carbons (Fsp3) is 0.316. The number of nitrogens with zero attached hydrogens (tertiary/aromatic N) is 2. The van der Waals surface area contributed by atoms with Gasteiger partial charge in [0.05, 0.1) is 5.69 Å². The third kappa shape index (κ3) is 3.08. The largest absolute Gasteiger partial charge is 0.490 e. The number of fused-ring (bicyclic) bond motifs is 1. The highest BCUT2D eigenvalue weighted by Gasteiger charge is 2.14. The van der Waals surface area contributed by atoms with E-state index in [4.69, 9.17) is 4.74 Å². The second-order valence-corrected chi connectivity index (χ2v) is 6.16. The number of aromatic nitrogens is 2. The Hall–Kier alpha value is -2.33. The van der Waals surface area contributed by atoms with Crippen molar-refractivity contribution in [3.63, 3.8) is 0 Å². The third-order valence-corrected chi connectivity index (χ3v) is 4.35. The molecule has 3 aromatic rings. The number of aryl methyl sites for hydroxylation is 1. The predicted molar refractivity (Wildman–Crippen MR) is 91.9 cm³/mol. The van der Waals surface area contributed by atoms with Crippen LogP contribution in [0, 0.1) is 6.92 Å². The molecule has 0 bridgehead atoms. The van der Waals surface area contributed by atoms with Crippen molar-refractivity contribution in [1.29, 1.82) is 0 Å². The van der Waals surface area contributed by atoms with Gasteiger partial charge in [-0.25, -0.2) is 4.98 Å². The number of hydrogen-bond donors (Lipinski definition) is 1. The van der Waals surface area contributed by atoms with Crippen LogP contribution in [-0.2, 0) is 0 Å². The molecule has 1 aliphatic rings. The van der Waals surface area contributed by atoms with Crippen LogP contribution in [0.3, 0.4) is 0 Å². The Morgan fingerprint density at radius 2 is 1.74 bits per heavy atom. The zero-order valence-corrected chi connectivity index (χ0v) is 13.3. The van der Waals surface area contributed by atoms with Crippen LogP contribution in [0.4, 0.5) is 0 Å². The normalized spacial score (nSPS) is 15.9. The van der Waals surface area contributed by atoms with Crippen molar-refractivity contribution in [3.05, 3.63) is 54.5 Å². The lowest BCUT2D eigenvalue weighted by Crippen LogP contribution is -2.34. The quantitative estimate of drug-likeness (QED) is 0.805. The Bertz CT molecular complexity index is 801. The maximum atomic E-state index is 6.06. The summed E-state index contributed by atoms with van der Waals surface area (Å²) in [5, 5.41) is 3.36. The van der Waals surface area contributed by atoms with Gasteiger partial charge >= 0.3 is 0 Å². The molecule has 1 fully saturated rings. The van der Waals surface area contributed by atoms with E-state index in [2.05, 4.69) is 57.3 Å². The Morgan fingerprint density at radius 3 is 2.52 bits per heavy atom. The van der Waals surface area contributed by atoms with Gasteiger partial charge in [0.2, 0.25) is 0 Å². The molecule has 0 atom stereocenters. The minimum atomic E-state index is 0.340. The van der Waals surface area contributed by atoms with Gasteiger partial charge < -0.3 is 14.5 Å². The van der Waals surface area contributed by atoms with E-state index in [0.29, 0.717) is 6.10 Å². The molecule has 1 aliphatic heterocycles. The molecule has 1 saturated heterocycles. The maximum absolute atomic E-state index is 6.06. The Balaban J connectivity index is 1.53. The van der Waals surface area contributed by atoms with Crippen molar-refractivity contribution >= 4 is 5.65 Å². The van der Waals surface area contributed by atoms with Crippen LogP contribution in [0.15, 0.2) is 48.8 Å². The van der Waals surface area contributed by atoms with Crippen molar-refractivity contribution < 1.29 is 4.74 Å². The lowest BCUT2D eigenvalue weighted by Gasteiger charge is -2.23. The first-order valence-electron chi connectivity index (χ1n) is 8.21. The van der Waals surface area contributed by atoms with Gasteiger partial charge in [0.25, 0.3) is 0 Å². The molecule has 0 amide bonds. The average Bonchev–Trinajstić information content (AvgIpc) is 2.95. The van der Waals surface area contributed by atoms with Gasteiger partial charge in [-0.3, -0.25) is 0 Å². The molecule has 0 radical (unpaired) electrons. The highest BCUT2D eigenvalue weighted by molar-refractivity contribution is 5.65. The van der Waals surface area contributed by atoms with E-state index in [1.165, 1.54) is 11.1 Å².